The van der Waals surface area contributed by atoms with Crippen molar-refractivity contribution < 1.29 is 5.11 Å². The van der Waals surface area contributed by atoms with E-state index in [-0.39, 0.29) is 18.4 Å². The van der Waals surface area contributed by atoms with Crippen molar-refractivity contribution in [1.82, 2.24) is 0 Å². The third-order valence-corrected chi connectivity index (χ3v) is 3.32. The van der Waals surface area contributed by atoms with E-state index in [0.717, 1.165) is 12.7 Å². The average Bonchev–Trinajstić information content (AvgIpc) is 2.11. The number of benzene rings is 1. The number of hydrogen-bond acceptors (Lipinski definition) is 2. The number of nitrogens with two attached hydrogens (primary N) is 1. The molecule has 0 saturated heterocycles. The first-order valence-electron chi connectivity index (χ1n) is 4.10. The maximum absolute atomic E-state index is 9.79. The van der Waals surface area contributed by atoms with Gasteiger partial charge >= 0.3 is 0 Å². The van der Waals surface area contributed by atoms with E-state index in [9.17, 15) is 5.11 Å². The second-order valence-electron chi connectivity index (χ2n) is 2.96. The van der Waals surface area contributed by atoms with Gasteiger partial charge < -0.3 is 10.8 Å². The molecule has 0 aromatic heterocycles. The fraction of sp³-hybridized carbons (Fsp3) is 0.200. The van der Waals surface area contributed by atoms with E-state index in [2.05, 4.69) is 51.8 Å². The van der Waals surface area contributed by atoms with E-state index in [0.29, 0.717) is 12.2 Å². The van der Waals surface area contributed by atoms with Crippen LogP contribution in [-0.4, -0.2) is 5.11 Å². The van der Waals surface area contributed by atoms with Crippen LogP contribution >= 0.6 is 57.6 Å². The second kappa shape index (κ2) is 6.93. The molecule has 0 aliphatic rings. The Morgan fingerprint density at radius 2 is 2.07 bits per heavy atom. The SMILES string of the molecule is C=CC[C@@H](N)c1cc(I)cc(I)c1O.Cl. The molecule has 15 heavy (non-hydrogen) atoms. The molecule has 5 heteroatoms. The predicted molar refractivity (Wildman–Crippen MR) is 82.5 cm³/mol. The first kappa shape index (κ1) is 15.5. The van der Waals surface area contributed by atoms with Gasteiger partial charge in [-0.3, -0.25) is 0 Å². The summed E-state index contributed by atoms with van der Waals surface area (Å²) in [5.41, 5.74) is 6.70. The van der Waals surface area contributed by atoms with Crippen LogP contribution in [0.15, 0.2) is 24.8 Å². The summed E-state index contributed by atoms with van der Waals surface area (Å²) < 4.78 is 1.92. The smallest absolute Gasteiger partial charge is 0.133 e. The van der Waals surface area contributed by atoms with E-state index in [1.54, 1.807) is 6.08 Å². The zero-order valence-electron chi connectivity index (χ0n) is 7.91. The summed E-state index contributed by atoms with van der Waals surface area (Å²) >= 11 is 4.31. The topological polar surface area (TPSA) is 46.2 Å². The fourth-order valence-electron chi connectivity index (χ4n) is 1.18. The lowest BCUT2D eigenvalue weighted by Gasteiger charge is -2.13. The van der Waals surface area contributed by atoms with Crippen LogP contribution in [0.4, 0.5) is 0 Å². The van der Waals surface area contributed by atoms with Gasteiger partial charge in [0.05, 0.1) is 3.57 Å². The molecule has 0 aliphatic heterocycles. The van der Waals surface area contributed by atoms with Crippen molar-refractivity contribution in [2.45, 2.75) is 12.5 Å². The van der Waals surface area contributed by atoms with Crippen molar-refractivity contribution in [3.8, 4) is 5.75 Å². The molecule has 0 bridgehead atoms. The molecule has 1 aromatic carbocycles. The van der Waals surface area contributed by atoms with Gasteiger partial charge in [0.1, 0.15) is 5.75 Å². The van der Waals surface area contributed by atoms with Crippen molar-refractivity contribution in [2.24, 2.45) is 5.73 Å². The lowest BCUT2D eigenvalue weighted by Crippen LogP contribution is -2.10. The molecule has 1 rings (SSSR count). The highest BCUT2D eigenvalue weighted by atomic mass is 127. The first-order chi connectivity index (χ1) is 6.56. The standard InChI is InChI=1S/C10H11I2NO.ClH/c1-2-3-9(13)7-4-6(11)5-8(12)10(7)14;/h2,4-5,9,14H,1,3,13H2;1H/t9-;/m1./s1. The zero-order valence-corrected chi connectivity index (χ0v) is 13.0. The number of phenols is 1. The highest BCUT2D eigenvalue weighted by molar-refractivity contribution is 14.1. The zero-order chi connectivity index (χ0) is 10.7. The molecule has 2 nitrogen and oxygen atoms in total. The quantitative estimate of drug-likeness (QED) is 0.545. The molecule has 1 atom stereocenters. The first-order valence-corrected chi connectivity index (χ1v) is 6.26. The summed E-state index contributed by atoms with van der Waals surface area (Å²) in [6, 6.07) is 3.66. The number of aromatic hydroxyl groups is 1. The Hall–Kier alpha value is 0.470. The molecule has 0 amide bonds. The van der Waals surface area contributed by atoms with Crippen LogP contribution in [0.1, 0.15) is 18.0 Å². The molecular weight excluding hydrogens is 439 g/mol. The molecule has 0 spiro atoms. The fourth-order valence-corrected chi connectivity index (χ4v) is 3.06. The van der Waals surface area contributed by atoms with E-state index in [4.69, 9.17) is 5.73 Å². The van der Waals surface area contributed by atoms with Gasteiger partial charge in [-0.1, -0.05) is 6.08 Å². The average molecular weight is 451 g/mol. The molecular formula is C10H12ClI2NO. The third-order valence-electron chi connectivity index (χ3n) is 1.88. The molecule has 0 aliphatic carbocycles. The van der Waals surface area contributed by atoms with Gasteiger partial charge in [-0.15, -0.1) is 19.0 Å². The van der Waals surface area contributed by atoms with Crippen LogP contribution in [0.2, 0.25) is 0 Å². The molecule has 0 saturated carbocycles. The van der Waals surface area contributed by atoms with Gasteiger partial charge in [-0.25, -0.2) is 0 Å². The normalized spacial score (nSPS) is 11.7. The highest BCUT2D eigenvalue weighted by Gasteiger charge is 2.12. The number of hydrogen-bond donors (Lipinski definition) is 2. The lowest BCUT2D eigenvalue weighted by molar-refractivity contribution is 0.457. The molecule has 84 valence electrons. The largest absolute Gasteiger partial charge is 0.506 e. The molecule has 3 N–H and O–H groups in total. The van der Waals surface area contributed by atoms with Crippen LogP contribution in [0.3, 0.4) is 0 Å². The second-order valence-corrected chi connectivity index (χ2v) is 5.36. The van der Waals surface area contributed by atoms with Crippen LogP contribution in [0.5, 0.6) is 5.75 Å². The number of rotatable bonds is 3. The molecule has 0 unspecified atom stereocenters. The minimum Gasteiger partial charge on any atom is -0.506 e. The van der Waals surface area contributed by atoms with Crippen molar-refractivity contribution in [2.75, 3.05) is 0 Å². The Labute approximate surface area is 123 Å². The van der Waals surface area contributed by atoms with Gasteiger partial charge in [0.2, 0.25) is 0 Å². The van der Waals surface area contributed by atoms with E-state index >= 15 is 0 Å². The summed E-state index contributed by atoms with van der Waals surface area (Å²) in [6.45, 7) is 3.64. The van der Waals surface area contributed by atoms with E-state index in [1.165, 1.54) is 0 Å². The summed E-state index contributed by atoms with van der Waals surface area (Å²) in [5, 5.41) is 9.79. The van der Waals surface area contributed by atoms with Gasteiger partial charge in [-0.05, 0) is 63.7 Å². The van der Waals surface area contributed by atoms with Gasteiger partial charge in [0, 0.05) is 15.2 Å². The highest BCUT2D eigenvalue weighted by Crippen LogP contribution is 2.31. The van der Waals surface area contributed by atoms with Crippen LogP contribution in [0.25, 0.3) is 0 Å². The van der Waals surface area contributed by atoms with Gasteiger partial charge in [0.25, 0.3) is 0 Å². The van der Waals surface area contributed by atoms with Crippen molar-refractivity contribution in [3.05, 3.63) is 37.5 Å². The Balaban J connectivity index is 0.00000196. The summed E-state index contributed by atoms with van der Waals surface area (Å²) in [6.07, 6.45) is 2.43. The molecule has 0 radical (unpaired) electrons. The van der Waals surface area contributed by atoms with Gasteiger partial charge in [0.15, 0.2) is 0 Å². The number of halogens is 3. The Bertz CT molecular complexity index is 358. The van der Waals surface area contributed by atoms with Crippen LogP contribution in [-0.2, 0) is 0 Å². The molecule has 0 fully saturated rings. The molecule has 1 aromatic rings. The van der Waals surface area contributed by atoms with Crippen molar-refractivity contribution in [1.29, 1.82) is 0 Å². The van der Waals surface area contributed by atoms with E-state index in [1.807, 2.05) is 12.1 Å². The maximum Gasteiger partial charge on any atom is 0.133 e. The lowest BCUT2D eigenvalue weighted by atomic mass is 10.0. The Morgan fingerprint density at radius 3 is 2.60 bits per heavy atom. The molecule has 0 heterocycles. The van der Waals surface area contributed by atoms with Gasteiger partial charge in [-0.2, -0.15) is 0 Å². The third kappa shape index (κ3) is 4.08. The summed E-state index contributed by atoms with van der Waals surface area (Å²) in [4.78, 5) is 0. The van der Waals surface area contributed by atoms with Crippen LogP contribution in [0, 0.1) is 7.14 Å². The predicted octanol–water partition coefficient (Wildman–Crippen LogP) is 3.60. The summed E-state index contributed by atoms with van der Waals surface area (Å²) in [5.74, 6) is 0.292. The maximum atomic E-state index is 9.79. The minimum atomic E-state index is -0.171. The van der Waals surface area contributed by atoms with Crippen molar-refractivity contribution in [3.63, 3.8) is 0 Å². The minimum absolute atomic E-state index is 0. The van der Waals surface area contributed by atoms with Crippen LogP contribution < -0.4 is 5.73 Å². The monoisotopic (exact) mass is 451 g/mol. The Morgan fingerprint density at radius 1 is 1.47 bits per heavy atom. The van der Waals surface area contributed by atoms with Crippen molar-refractivity contribution >= 4 is 57.6 Å². The van der Waals surface area contributed by atoms with E-state index < -0.39 is 0 Å². The summed E-state index contributed by atoms with van der Waals surface area (Å²) in [7, 11) is 0. The number of phenolic OH excluding ortho intramolecular Hbond substituents is 1. The Kier molecular flexibility index (Phi) is 7.14.